The molecular weight excluding hydrogens is 226 g/mol. The van der Waals surface area contributed by atoms with E-state index in [0.717, 1.165) is 45.1 Å². The molecule has 1 amide bonds. The highest BCUT2D eigenvalue weighted by Gasteiger charge is 2.43. The van der Waals surface area contributed by atoms with Crippen LogP contribution in [0.1, 0.15) is 64.7 Å². The first kappa shape index (κ1) is 13.9. The second-order valence-corrected chi connectivity index (χ2v) is 6.03. The molecule has 0 aromatic rings. The molecular formula is C15H27NO2. The lowest BCUT2D eigenvalue weighted by Gasteiger charge is -2.37. The van der Waals surface area contributed by atoms with Crippen LogP contribution >= 0.6 is 0 Å². The molecule has 1 saturated heterocycles. The van der Waals surface area contributed by atoms with Gasteiger partial charge in [0.2, 0.25) is 5.91 Å². The average Bonchev–Trinajstić information content (AvgIpc) is 2.77. The van der Waals surface area contributed by atoms with Crippen LogP contribution in [0.15, 0.2) is 0 Å². The van der Waals surface area contributed by atoms with Crippen LogP contribution in [0.25, 0.3) is 0 Å². The third-order valence-corrected chi connectivity index (χ3v) is 5.04. The summed E-state index contributed by atoms with van der Waals surface area (Å²) in [6.45, 7) is 3.13. The Labute approximate surface area is 111 Å². The number of hydrogen-bond donors (Lipinski definition) is 1. The highest BCUT2D eigenvalue weighted by atomic mass is 16.3. The molecule has 18 heavy (non-hydrogen) atoms. The van der Waals surface area contributed by atoms with Crippen molar-refractivity contribution < 1.29 is 9.90 Å². The van der Waals surface area contributed by atoms with Gasteiger partial charge in [0.05, 0.1) is 12.6 Å². The van der Waals surface area contributed by atoms with Crippen molar-refractivity contribution >= 4 is 5.91 Å². The predicted octanol–water partition coefficient (Wildman–Crippen LogP) is 2.72. The Bertz CT molecular complexity index is 284. The second-order valence-electron chi connectivity index (χ2n) is 6.03. The van der Waals surface area contributed by atoms with Crippen LogP contribution < -0.4 is 0 Å². The topological polar surface area (TPSA) is 40.5 Å². The number of hydrogen-bond acceptors (Lipinski definition) is 2. The minimum Gasteiger partial charge on any atom is -0.394 e. The van der Waals surface area contributed by atoms with Gasteiger partial charge in [0.15, 0.2) is 0 Å². The normalized spacial score (nSPS) is 28.1. The third-order valence-electron chi connectivity index (χ3n) is 5.04. The number of likely N-dealkylation sites (tertiary alicyclic amines) is 1. The maximum atomic E-state index is 12.9. The fraction of sp³-hybridized carbons (Fsp3) is 0.933. The lowest BCUT2D eigenvalue weighted by Crippen LogP contribution is -2.49. The fourth-order valence-corrected chi connectivity index (χ4v) is 3.71. The number of rotatable bonds is 3. The van der Waals surface area contributed by atoms with Crippen LogP contribution in [-0.2, 0) is 4.79 Å². The van der Waals surface area contributed by atoms with Gasteiger partial charge < -0.3 is 10.0 Å². The van der Waals surface area contributed by atoms with E-state index in [1.54, 1.807) is 0 Å². The highest BCUT2D eigenvalue weighted by Crippen LogP contribution is 2.43. The molecule has 0 radical (unpaired) electrons. The molecule has 1 unspecified atom stereocenters. The van der Waals surface area contributed by atoms with Crippen molar-refractivity contribution in [2.45, 2.75) is 70.8 Å². The van der Waals surface area contributed by atoms with Crippen molar-refractivity contribution in [3.63, 3.8) is 0 Å². The zero-order valence-corrected chi connectivity index (χ0v) is 11.7. The van der Waals surface area contributed by atoms with E-state index < -0.39 is 0 Å². The summed E-state index contributed by atoms with van der Waals surface area (Å²) in [6, 6.07) is 0.0732. The number of carbonyl (C=O) groups excluding carboxylic acids is 1. The van der Waals surface area contributed by atoms with E-state index in [1.165, 1.54) is 19.3 Å². The molecule has 1 aliphatic heterocycles. The summed E-state index contributed by atoms with van der Waals surface area (Å²) in [4.78, 5) is 14.9. The summed E-state index contributed by atoms with van der Waals surface area (Å²) in [6.07, 6.45) is 9.86. The Balaban J connectivity index is 2.13. The van der Waals surface area contributed by atoms with Crippen molar-refractivity contribution in [3.05, 3.63) is 0 Å². The minimum atomic E-state index is -0.0994. The number of aliphatic hydroxyl groups excluding tert-OH is 1. The molecule has 0 spiro atoms. The van der Waals surface area contributed by atoms with Gasteiger partial charge in [-0.05, 0) is 32.1 Å². The van der Waals surface area contributed by atoms with Gasteiger partial charge in [-0.3, -0.25) is 4.79 Å². The monoisotopic (exact) mass is 253 g/mol. The molecule has 2 rings (SSSR count). The zero-order valence-electron chi connectivity index (χ0n) is 11.7. The largest absolute Gasteiger partial charge is 0.394 e. The number of aliphatic hydroxyl groups is 1. The summed E-state index contributed by atoms with van der Waals surface area (Å²) in [5.41, 5.74) is -0.0994. The maximum Gasteiger partial charge on any atom is 0.229 e. The first-order valence-corrected chi connectivity index (χ1v) is 7.65. The summed E-state index contributed by atoms with van der Waals surface area (Å²) < 4.78 is 0. The lowest BCUT2D eigenvalue weighted by molar-refractivity contribution is -0.145. The Morgan fingerprint density at radius 3 is 2.56 bits per heavy atom. The molecule has 1 heterocycles. The van der Waals surface area contributed by atoms with E-state index in [4.69, 9.17) is 0 Å². The van der Waals surface area contributed by atoms with Gasteiger partial charge in [-0.2, -0.15) is 0 Å². The Morgan fingerprint density at radius 1 is 1.22 bits per heavy atom. The van der Waals surface area contributed by atoms with E-state index in [1.807, 2.05) is 4.90 Å². The van der Waals surface area contributed by atoms with Gasteiger partial charge in [-0.25, -0.2) is 0 Å². The van der Waals surface area contributed by atoms with Gasteiger partial charge in [0.1, 0.15) is 0 Å². The average molecular weight is 253 g/mol. The van der Waals surface area contributed by atoms with Crippen LogP contribution in [0.4, 0.5) is 0 Å². The van der Waals surface area contributed by atoms with Gasteiger partial charge in [-0.15, -0.1) is 0 Å². The van der Waals surface area contributed by atoms with Crippen LogP contribution in [0.2, 0.25) is 0 Å². The van der Waals surface area contributed by atoms with Crippen molar-refractivity contribution in [1.29, 1.82) is 0 Å². The molecule has 104 valence electrons. The van der Waals surface area contributed by atoms with Crippen LogP contribution in [-0.4, -0.2) is 35.1 Å². The standard InChI is InChI=1S/C15H27NO2/c1-2-15(9-5-6-10-15)14(18)16-11-7-3-4-8-13(16)12-17/h13,17H,2-12H2,1H3. The maximum absolute atomic E-state index is 12.9. The van der Waals surface area contributed by atoms with E-state index in [0.29, 0.717) is 5.91 Å². The minimum absolute atomic E-state index is 0.0732. The van der Waals surface area contributed by atoms with Crippen molar-refractivity contribution in [1.82, 2.24) is 4.90 Å². The van der Waals surface area contributed by atoms with Crippen molar-refractivity contribution in [2.24, 2.45) is 5.41 Å². The summed E-state index contributed by atoms with van der Waals surface area (Å²) in [7, 11) is 0. The van der Waals surface area contributed by atoms with E-state index in [2.05, 4.69) is 6.92 Å². The van der Waals surface area contributed by atoms with Crippen molar-refractivity contribution in [2.75, 3.05) is 13.2 Å². The van der Waals surface area contributed by atoms with E-state index in [-0.39, 0.29) is 18.1 Å². The summed E-state index contributed by atoms with van der Waals surface area (Å²) >= 11 is 0. The fourth-order valence-electron chi connectivity index (χ4n) is 3.71. The SMILES string of the molecule is CCC1(C(=O)N2CCCCCC2CO)CCCC1. The molecule has 0 bridgehead atoms. The lowest BCUT2D eigenvalue weighted by atomic mass is 9.81. The Hall–Kier alpha value is -0.570. The van der Waals surface area contributed by atoms with Crippen LogP contribution in [0, 0.1) is 5.41 Å². The molecule has 3 nitrogen and oxygen atoms in total. The van der Waals surface area contributed by atoms with Gasteiger partial charge >= 0.3 is 0 Å². The molecule has 0 aromatic carbocycles. The van der Waals surface area contributed by atoms with Gasteiger partial charge in [0.25, 0.3) is 0 Å². The number of carbonyl (C=O) groups is 1. The van der Waals surface area contributed by atoms with E-state index >= 15 is 0 Å². The zero-order chi connectivity index (χ0) is 13.0. The molecule has 1 atom stereocenters. The molecule has 2 fully saturated rings. The van der Waals surface area contributed by atoms with Gasteiger partial charge in [-0.1, -0.05) is 32.6 Å². The molecule has 1 saturated carbocycles. The molecule has 1 aliphatic carbocycles. The number of nitrogens with zero attached hydrogens (tertiary/aromatic N) is 1. The first-order chi connectivity index (χ1) is 8.73. The molecule has 2 aliphatic rings. The number of amides is 1. The van der Waals surface area contributed by atoms with Crippen LogP contribution in [0.5, 0.6) is 0 Å². The Kier molecular flexibility index (Phi) is 4.66. The molecule has 1 N–H and O–H groups in total. The third kappa shape index (κ3) is 2.56. The van der Waals surface area contributed by atoms with E-state index in [9.17, 15) is 9.90 Å². The second kappa shape index (κ2) is 6.05. The molecule has 3 heteroatoms. The first-order valence-electron chi connectivity index (χ1n) is 7.65. The smallest absolute Gasteiger partial charge is 0.229 e. The van der Waals surface area contributed by atoms with Gasteiger partial charge in [0, 0.05) is 12.0 Å². The highest BCUT2D eigenvalue weighted by molar-refractivity contribution is 5.83. The Morgan fingerprint density at radius 2 is 1.94 bits per heavy atom. The predicted molar refractivity (Wildman–Crippen MR) is 72.2 cm³/mol. The summed E-state index contributed by atoms with van der Waals surface area (Å²) in [5.74, 6) is 0.337. The van der Waals surface area contributed by atoms with Crippen LogP contribution in [0.3, 0.4) is 0 Å². The quantitative estimate of drug-likeness (QED) is 0.840. The molecule has 0 aromatic heterocycles. The summed E-state index contributed by atoms with van der Waals surface area (Å²) in [5, 5.41) is 9.54. The van der Waals surface area contributed by atoms with Crippen molar-refractivity contribution in [3.8, 4) is 0 Å².